The highest BCUT2D eigenvalue weighted by atomic mass is 32.2. The van der Waals surface area contributed by atoms with Crippen molar-refractivity contribution in [3.8, 4) is 0 Å². The molecule has 1 N–H and O–H groups in total. The van der Waals surface area contributed by atoms with Gasteiger partial charge in [0.15, 0.2) is 0 Å². The summed E-state index contributed by atoms with van der Waals surface area (Å²) in [6, 6.07) is 30.2. The van der Waals surface area contributed by atoms with Gasteiger partial charge >= 0.3 is 0 Å². The largest absolute Gasteiger partial charge is 0.352 e. The first kappa shape index (κ1) is 34.4. The summed E-state index contributed by atoms with van der Waals surface area (Å²) in [5.41, 5.74) is 5.15. The molecule has 0 spiro atoms. The van der Waals surface area contributed by atoms with Crippen LogP contribution in [-0.2, 0) is 32.6 Å². The Morgan fingerprint density at radius 2 is 1.28 bits per heavy atom. The van der Waals surface area contributed by atoms with Gasteiger partial charge in [0, 0.05) is 19.0 Å². The molecule has 0 aliphatic carbocycles. The number of nitrogens with zero attached hydrogens (tertiary/aromatic N) is 2. The summed E-state index contributed by atoms with van der Waals surface area (Å²) >= 11 is 0. The lowest BCUT2D eigenvalue weighted by Crippen LogP contribution is -2.54. The molecule has 0 fully saturated rings. The highest BCUT2D eigenvalue weighted by Crippen LogP contribution is 2.27. The van der Waals surface area contributed by atoms with Crippen LogP contribution in [0.5, 0.6) is 0 Å². The highest BCUT2D eigenvalue weighted by Gasteiger charge is 2.34. The maximum atomic E-state index is 14.6. The zero-order valence-corrected chi connectivity index (χ0v) is 28.4. The predicted molar refractivity (Wildman–Crippen MR) is 185 cm³/mol. The first-order chi connectivity index (χ1) is 21.8. The van der Waals surface area contributed by atoms with E-state index in [1.807, 2.05) is 94.4 Å². The van der Waals surface area contributed by atoms with E-state index in [9.17, 15) is 18.0 Å². The molecular formula is C38H45N3O4S. The Morgan fingerprint density at radius 1 is 0.717 bits per heavy atom. The monoisotopic (exact) mass is 639 g/mol. The Balaban J connectivity index is 1.81. The van der Waals surface area contributed by atoms with Crippen molar-refractivity contribution in [2.75, 3.05) is 10.8 Å². The lowest BCUT2D eigenvalue weighted by atomic mass is 10.0. The molecule has 0 bridgehead atoms. The van der Waals surface area contributed by atoms with Crippen LogP contribution in [0.2, 0.25) is 0 Å². The molecule has 0 aliphatic rings. The number of sulfonamides is 1. The van der Waals surface area contributed by atoms with Crippen LogP contribution < -0.4 is 9.62 Å². The molecule has 0 saturated carbocycles. The van der Waals surface area contributed by atoms with Gasteiger partial charge in [-0.1, -0.05) is 104 Å². The first-order valence-corrected chi connectivity index (χ1v) is 17.2. The molecule has 1 unspecified atom stereocenters. The summed E-state index contributed by atoms with van der Waals surface area (Å²) in [7, 11) is -4.15. The van der Waals surface area contributed by atoms with E-state index in [1.54, 1.807) is 36.4 Å². The SMILES string of the molecule is Cc1ccc(CN(C(=O)CN(c2ccc(C(C)C)cc2)S(=O)(=O)c2ccc(C)cc2)C(Cc2ccccc2)C(=O)NC(C)C)cc1. The Bertz CT molecular complexity index is 1700. The summed E-state index contributed by atoms with van der Waals surface area (Å²) in [6.07, 6.45) is 0.269. The Labute approximate surface area is 274 Å². The van der Waals surface area contributed by atoms with Crippen LogP contribution in [0.3, 0.4) is 0 Å². The number of hydrogen-bond donors (Lipinski definition) is 1. The van der Waals surface area contributed by atoms with Gasteiger partial charge in [-0.05, 0) is 74.6 Å². The molecule has 4 rings (SSSR count). The van der Waals surface area contributed by atoms with Crippen molar-refractivity contribution >= 4 is 27.5 Å². The predicted octanol–water partition coefficient (Wildman–Crippen LogP) is 6.79. The average Bonchev–Trinajstić information content (AvgIpc) is 3.02. The maximum absolute atomic E-state index is 14.6. The van der Waals surface area contributed by atoms with Crippen molar-refractivity contribution in [3.05, 3.63) is 131 Å². The molecule has 8 heteroatoms. The third kappa shape index (κ3) is 8.85. The minimum absolute atomic E-state index is 0.0855. The maximum Gasteiger partial charge on any atom is 0.264 e. The summed E-state index contributed by atoms with van der Waals surface area (Å²) in [5.74, 6) is -0.529. The number of anilines is 1. The second kappa shape index (κ2) is 15.2. The van der Waals surface area contributed by atoms with Gasteiger partial charge in [-0.25, -0.2) is 8.42 Å². The van der Waals surface area contributed by atoms with Crippen LogP contribution in [0.25, 0.3) is 0 Å². The number of amides is 2. The van der Waals surface area contributed by atoms with Gasteiger partial charge in [-0.3, -0.25) is 13.9 Å². The van der Waals surface area contributed by atoms with Crippen molar-refractivity contribution < 1.29 is 18.0 Å². The molecule has 7 nitrogen and oxygen atoms in total. The first-order valence-electron chi connectivity index (χ1n) is 15.7. The molecule has 4 aromatic rings. The number of hydrogen-bond acceptors (Lipinski definition) is 4. The number of benzene rings is 4. The number of carbonyl (C=O) groups is 2. The molecule has 0 radical (unpaired) electrons. The minimum Gasteiger partial charge on any atom is -0.352 e. The van der Waals surface area contributed by atoms with E-state index >= 15 is 0 Å². The van der Waals surface area contributed by atoms with Crippen molar-refractivity contribution in [3.63, 3.8) is 0 Å². The summed E-state index contributed by atoms with van der Waals surface area (Å²) in [5, 5.41) is 2.99. The van der Waals surface area contributed by atoms with E-state index in [2.05, 4.69) is 19.2 Å². The molecule has 1 atom stereocenters. The molecule has 242 valence electrons. The van der Waals surface area contributed by atoms with E-state index in [-0.39, 0.29) is 35.7 Å². The van der Waals surface area contributed by atoms with E-state index in [1.165, 1.54) is 4.90 Å². The summed E-state index contributed by atoms with van der Waals surface area (Å²) in [4.78, 5) is 30.0. The van der Waals surface area contributed by atoms with Crippen LogP contribution in [0.15, 0.2) is 108 Å². The van der Waals surface area contributed by atoms with Crippen LogP contribution >= 0.6 is 0 Å². The average molecular weight is 640 g/mol. The fourth-order valence-electron chi connectivity index (χ4n) is 5.22. The molecule has 4 aromatic carbocycles. The van der Waals surface area contributed by atoms with Gasteiger partial charge in [-0.15, -0.1) is 0 Å². The van der Waals surface area contributed by atoms with Crippen LogP contribution in [0, 0.1) is 13.8 Å². The van der Waals surface area contributed by atoms with Crippen molar-refractivity contribution in [1.29, 1.82) is 0 Å². The Kier molecular flexibility index (Phi) is 11.4. The van der Waals surface area contributed by atoms with Crippen LogP contribution in [0.4, 0.5) is 5.69 Å². The number of carbonyl (C=O) groups excluding carboxylic acids is 2. The molecular weight excluding hydrogens is 595 g/mol. The molecule has 46 heavy (non-hydrogen) atoms. The topological polar surface area (TPSA) is 86.8 Å². The lowest BCUT2D eigenvalue weighted by molar-refractivity contribution is -0.140. The zero-order chi connectivity index (χ0) is 33.4. The lowest BCUT2D eigenvalue weighted by Gasteiger charge is -2.34. The van der Waals surface area contributed by atoms with Gasteiger partial charge in [0.05, 0.1) is 10.6 Å². The smallest absolute Gasteiger partial charge is 0.264 e. The number of rotatable bonds is 13. The quantitative estimate of drug-likeness (QED) is 0.175. The fraction of sp³-hybridized carbons (Fsp3) is 0.316. The van der Waals surface area contributed by atoms with E-state index in [0.29, 0.717) is 5.69 Å². The summed E-state index contributed by atoms with van der Waals surface area (Å²) < 4.78 is 29.6. The molecule has 0 aliphatic heterocycles. The second-order valence-corrected chi connectivity index (χ2v) is 14.3. The van der Waals surface area contributed by atoms with Gasteiger partial charge in [-0.2, -0.15) is 0 Å². The van der Waals surface area contributed by atoms with Gasteiger partial charge in [0.1, 0.15) is 12.6 Å². The van der Waals surface area contributed by atoms with E-state index in [4.69, 9.17) is 0 Å². The van der Waals surface area contributed by atoms with E-state index in [0.717, 1.165) is 32.1 Å². The summed E-state index contributed by atoms with van der Waals surface area (Å²) in [6.45, 7) is 11.4. The highest BCUT2D eigenvalue weighted by molar-refractivity contribution is 7.92. The second-order valence-electron chi connectivity index (χ2n) is 12.4. The van der Waals surface area contributed by atoms with Crippen LogP contribution in [-0.4, -0.2) is 43.8 Å². The van der Waals surface area contributed by atoms with Gasteiger partial charge in [0.2, 0.25) is 11.8 Å². The molecule has 0 saturated heterocycles. The Hall–Kier alpha value is -4.43. The third-order valence-corrected chi connectivity index (χ3v) is 9.70. The standard InChI is InChI=1S/C38H45N3O4S/c1-27(2)33-18-20-34(21-19-33)41(46(44,45)35-22-14-30(6)15-23-35)26-37(42)40(25-32-16-12-29(5)13-17-32)36(38(43)39-28(3)4)24-31-10-8-7-9-11-31/h7-23,27-28,36H,24-26H2,1-6H3,(H,39,43). The fourth-order valence-corrected chi connectivity index (χ4v) is 6.63. The zero-order valence-electron chi connectivity index (χ0n) is 27.6. The molecule has 2 amide bonds. The normalized spacial score (nSPS) is 12.2. The third-order valence-electron chi connectivity index (χ3n) is 7.91. The molecule has 0 aromatic heterocycles. The number of nitrogens with one attached hydrogen (secondary N) is 1. The van der Waals surface area contributed by atoms with Gasteiger partial charge < -0.3 is 10.2 Å². The molecule has 0 heterocycles. The van der Waals surface area contributed by atoms with Crippen LogP contribution in [0.1, 0.15) is 61.4 Å². The number of aryl methyl sites for hydroxylation is 2. The van der Waals surface area contributed by atoms with Crippen molar-refractivity contribution in [2.24, 2.45) is 0 Å². The minimum atomic E-state index is -4.15. The van der Waals surface area contributed by atoms with Crippen molar-refractivity contribution in [1.82, 2.24) is 10.2 Å². The Morgan fingerprint density at radius 3 is 1.83 bits per heavy atom. The van der Waals surface area contributed by atoms with Crippen molar-refractivity contribution in [2.45, 2.75) is 77.4 Å². The van der Waals surface area contributed by atoms with Gasteiger partial charge in [0.25, 0.3) is 10.0 Å². The van der Waals surface area contributed by atoms with E-state index < -0.39 is 28.5 Å².